The van der Waals surface area contributed by atoms with Crippen LogP contribution in [0.15, 0.2) is 59.5 Å². The number of nitrogens with zero attached hydrogens (tertiary/aromatic N) is 2. The molecule has 6 nitrogen and oxygen atoms in total. The van der Waals surface area contributed by atoms with Gasteiger partial charge < -0.3 is 9.84 Å². The predicted molar refractivity (Wildman–Crippen MR) is 145 cm³/mol. The summed E-state index contributed by atoms with van der Waals surface area (Å²) in [5.41, 5.74) is 2.27. The Kier molecular flexibility index (Phi) is 6.59. The number of hydrogen-bond donors (Lipinski definition) is 1. The van der Waals surface area contributed by atoms with Gasteiger partial charge in [0, 0.05) is 10.4 Å². The summed E-state index contributed by atoms with van der Waals surface area (Å²) in [7, 11) is 0. The number of thiophene rings is 1. The van der Waals surface area contributed by atoms with Crippen molar-refractivity contribution in [1.29, 1.82) is 0 Å². The second-order valence-electron chi connectivity index (χ2n) is 8.64. The van der Waals surface area contributed by atoms with Gasteiger partial charge in [-0.3, -0.25) is 14.5 Å². The van der Waals surface area contributed by atoms with Crippen LogP contribution in [0.4, 0.5) is 5.13 Å². The van der Waals surface area contributed by atoms with Crippen LogP contribution in [-0.4, -0.2) is 28.4 Å². The molecule has 0 saturated carbocycles. The van der Waals surface area contributed by atoms with Crippen LogP contribution in [0.3, 0.4) is 0 Å². The quantitative estimate of drug-likeness (QED) is 0.160. The zero-order valence-corrected chi connectivity index (χ0v) is 22.2. The topological polar surface area (TPSA) is 79.7 Å². The molecule has 0 radical (unpaired) electrons. The van der Waals surface area contributed by atoms with E-state index in [1.54, 1.807) is 18.2 Å². The third-order valence-corrected chi connectivity index (χ3v) is 8.29. The second-order valence-corrected chi connectivity index (χ2v) is 11.0. The van der Waals surface area contributed by atoms with E-state index in [1.165, 1.54) is 33.1 Å². The van der Waals surface area contributed by atoms with Crippen LogP contribution in [-0.2, 0) is 9.59 Å². The van der Waals surface area contributed by atoms with Gasteiger partial charge in [0.05, 0.1) is 27.4 Å². The molecule has 184 valence electrons. The van der Waals surface area contributed by atoms with Crippen molar-refractivity contribution in [3.63, 3.8) is 0 Å². The van der Waals surface area contributed by atoms with Gasteiger partial charge in [-0.05, 0) is 60.2 Å². The number of ether oxygens (including phenoxy) is 1. The lowest BCUT2D eigenvalue weighted by Crippen LogP contribution is -2.28. The number of aromatic nitrogens is 1. The van der Waals surface area contributed by atoms with Crippen molar-refractivity contribution in [2.45, 2.75) is 32.7 Å². The lowest BCUT2D eigenvalue weighted by molar-refractivity contribution is -0.132. The summed E-state index contributed by atoms with van der Waals surface area (Å²) in [6.07, 6.45) is 0. The zero-order chi connectivity index (χ0) is 25.6. The van der Waals surface area contributed by atoms with E-state index in [0.29, 0.717) is 34.0 Å². The number of rotatable bonds is 6. The van der Waals surface area contributed by atoms with Crippen molar-refractivity contribution in [1.82, 2.24) is 4.98 Å². The minimum Gasteiger partial charge on any atom is -0.507 e. The van der Waals surface area contributed by atoms with E-state index in [4.69, 9.17) is 21.3 Å². The minimum atomic E-state index is -0.804. The molecule has 36 heavy (non-hydrogen) atoms. The molecule has 3 heterocycles. The van der Waals surface area contributed by atoms with Crippen molar-refractivity contribution in [2.24, 2.45) is 0 Å². The highest BCUT2D eigenvalue weighted by atomic mass is 35.5. The average molecular weight is 539 g/mol. The maximum atomic E-state index is 13.4. The summed E-state index contributed by atoms with van der Waals surface area (Å²) in [6, 6.07) is 13.7. The predicted octanol–water partition coefficient (Wildman–Crippen LogP) is 7.16. The highest BCUT2D eigenvalue weighted by molar-refractivity contribution is 7.22. The van der Waals surface area contributed by atoms with Crippen molar-refractivity contribution in [3.8, 4) is 5.75 Å². The summed E-state index contributed by atoms with van der Waals surface area (Å²) < 4.78 is 6.49. The van der Waals surface area contributed by atoms with Crippen molar-refractivity contribution < 1.29 is 19.4 Å². The number of carbonyl (C=O) groups excluding carboxylic acids is 2. The van der Waals surface area contributed by atoms with Gasteiger partial charge in [-0.25, -0.2) is 4.98 Å². The van der Waals surface area contributed by atoms with Crippen LogP contribution in [0.2, 0.25) is 5.02 Å². The lowest BCUT2D eigenvalue weighted by Gasteiger charge is -2.21. The van der Waals surface area contributed by atoms with Crippen LogP contribution in [0.5, 0.6) is 5.75 Å². The molecule has 5 rings (SSSR count). The van der Waals surface area contributed by atoms with E-state index in [-0.39, 0.29) is 11.3 Å². The largest absolute Gasteiger partial charge is 0.507 e. The molecule has 1 saturated heterocycles. The first-order valence-electron chi connectivity index (χ1n) is 11.5. The first-order valence-corrected chi connectivity index (χ1v) is 13.5. The Labute approximate surface area is 221 Å². The SMILES string of the molecule is CCOc1cc(/C(O)=C2\C(=O)C(=O)N(c3nc4ccc(C(C)C)cc4s3)C2c2cccs2)ccc1Cl. The molecule has 0 aliphatic carbocycles. The highest BCUT2D eigenvalue weighted by Gasteiger charge is 2.48. The molecule has 1 aliphatic rings. The van der Waals surface area contributed by atoms with E-state index in [1.807, 2.05) is 36.6 Å². The first-order chi connectivity index (χ1) is 17.3. The van der Waals surface area contributed by atoms with Gasteiger partial charge in [0.1, 0.15) is 17.6 Å². The van der Waals surface area contributed by atoms with Crippen LogP contribution < -0.4 is 9.64 Å². The Balaban J connectivity index is 1.67. The lowest BCUT2D eigenvalue weighted by atomic mass is 10.00. The Bertz CT molecular complexity index is 1510. The number of aliphatic hydroxyl groups excluding tert-OH is 1. The number of halogens is 1. The fourth-order valence-electron chi connectivity index (χ4n) is 4.21. The summed E-state index contributed by atoms with van der Waals surface area (Å²) in [5, 5.41) is 14.0. The van der Waals surface area contributed by atoms with Gasteiger partial charge >= 0.3 is 5.91 Å². The Morgan fingerprint density at radius 3 is 2.69 bits per heavy atom. The minimum absolute atomic E-state index is 0.00865. The highest BCUT2D eigenvalue weighted by Crippen LogP contribution is 2.46. The van der Waals surface area contributed by atoms with Crippen molar-refractivity contribution in [3.05, 3.63) is 80.5 Å². The van der Waals surface area contributed by atoms with Crippen LogP contribution in [0.1, 0.15) is 48.7 Å². The number of anilines is 1. The number of carbonyl (C=O) groups is 2. The molecule has 2 aromatic heterocycles. The zero-order valence-electron chi connectivity index (χ0n) is 19.8. The number of Topliss-reactive ketones (excluding diaryl/α,β-unsaturated/α-hetero) is 1. The molecular weight excluding hydrogens is 516 g/mol. The van der Waals surface area contributed by atoms with E-state index < -0.39 is 17.7 Å². The molecule has 2 aromatic carbocycles. The number of thiazole rings is 1. The third-order valence-electron chi connectivity index (χ3n) is 6.04. The molecule has 1 atom stereocenters. The second kappa shape index (κ2) is 9.69. The molecular formula is C27H23ClN2O4S2. The molecule has 9 heteroatoms. The average Bonchev–Trinajstić information content (AvgIpc) is 3.58. The smallest absolute Gasteiger partial charge is 0.301 e. The van der Waals surface area contributed by atoms with E-state index in [9.17, 15) is 14.7 Å². The maximum Gasteiger partial charge on any atom is 0.301 e. The monoisotopic (exact) mass is 538 g/mol. The van der Waals surface area contributed by atoms with Gasteiger partial charge in [-0.15, -0.1) is 11.3 Å². The van der Waals surface area contributed by atoms with Crippen LogP contribution >= 0.6 is 34.3 Å². The Morgan fingerprint density at radius 1 is 1.19 bits per heavy atom. The van der Waals surface area contributed by atoms with E-state index in [2.05, 4.69) is 19.9 Å². The fourth-order valence-corrected chi connectivity index (χ4v) is 6.25. The summed E-state index contributed by atoms with van der Waals surface area (Å²) >= 11 is 8.98. The number of fused-ring (bicyclic) bond motifs is 1. The first kappa shape index (κ1) is 24.5. The number of ketones is 1. The third kappa shape index (κ3) is 4.19. The molecule has 1 fully saturated rings. The van der Waals surface area contributed by atoms with Crippen molar-refractivity contribution >= 4 is 67.1 Å². The summed E-state index contributed by atoms with van der Waals surface area (Å²) in [6.45, 7) is 6.45. The summed E-state index contributed by atoms with van der Waals surface area (Å²) in [5.74, 6) is -1.04. The van der Waals surface area contributed by atoms with Crippen LogP contribution in [0.25, 0.3) is 16.0 Å². The molecule has 1 aliphatic heterocycles. The van der Waals surface area contributed by atoms with Crippen LogP contribution in [0, 0.1) is 0 Å². The number of hydrogen-bond acceptors (Lipinski definition) is 7. The normalized spacial score (nSPS) is 17.5. The molecule has 4 aromatic rings. The number of benzene rings is 2. The summed E-state index contributed by atoms with van der Waals surface area (Å²) in [4.78, 5) is 33.6. The van der Waals surface area contributed by atoms with Gasteiger partial charge in [-0.2, -0.15) is 0 Å². The Morgan fingerprint density at radius 2 is 2.00 bits per heavy atom. The van der Waals surface area contributed by atoms with E-state index in [0.717, 1.165) is 15.1 Å². The number of aliphatic hydroxyl groups is 1. The molecule has 0 bridgehead atoms. The van der Waals surface area contributed by atoms with Gasteiger partial charge in [-0.1, -0.05) is 48.9 Å². The fraction of sp³-hybridized carbons (Fsp3) is 0.222. The number of amides is 1. The Hall–Kier alpha value is -3.20. The van der Waals surface area contributed by atoms with Gasteiger partial charge in [0.2, 0.25) is 0 Å². The molecule has 1 amide bonds. The maximum absolute atomic E-state index is 13.4. The molecule has 1 N–H and O–H groups in total. The molecule has 0 spiro atoms. The molecule has 1 unspecified atom stereocenters. The van der Waals surface area contributed by atoms with E-state index >= 15 is 0 Å². The standard InChI is InChI=1S/C27H23ClN2O4S2/c1-4-34-19-12-16(7-9-17(19)28)24(31)22-23(20-6-5-11-35-20)30(26(33)25(22)32)27-29-18-10-8-15(14(2)3)13-21(18)36-27/h5-14,23,31H,4H2,1-3H3/b24-22+. The van der Waals surface area contributed by atoms with Gasteiger partial charge in [0.25, 0.3) is 5.78 Å². The van der Waals surface area contributed by atoms with Gasteiger partial charge in [0.15, 0.2) is 5.13 Å². The van der Waals surface area contributed by atoms with Crippen molar-refractivity contribution in [2.75, 3.05) is 11.5 Å².